The molecule has 0 spiro atoms. The number of benzene rings is 1. The topological polar surface area (TPSA) is 21.3 Å². The number of hydrogen-bond acceptors (Lipinski definition) is 2. The molecule has 1 atom stereocenters. The zero-order valence-corrected chi connectivity index (χ0v) is 12.1. The van der Waals surface area contributed by atoms with Crippen LogP contribution in [0.5, 0.6) is 0 Å². The van der Waals surface area contributed by atoms with Gasteiger partial charge in [0.2, 0.25) is 0 Å². The lowest BCUT2D eigenvalue weighted by molar-refractivity contribution is 0.184. The lowest BCUT2D eigenvalue weighted by Gasteiger charge is -2.18. The van der Waals surface area contributed by atoms with Gasteiger partial charge >= 0.3 is 0 Å². The molecule has 15 heavy (non-hydrogen) atoms. The molecule has 0 aromatic heterocycles. The molecule has 1 rings (SSSR count). The van der Waals surface area contributed by atoms with Crippen LogP contribution in [0.1, 0.15) is 13.3 Å². The van der Waals surface area contributed by atoms with E-state index in [9.17, 15) is 0 Å². The minimum atomic E-state index is 0.348. The molecule has 0 aliphatic rings. The minimum absolute atomic E-state index is 0.348. The fraction of sp³-hybridized carbons (Fsp3) is 0.455. The van der Waals surface area contributed by atoms with Gasteiger partial charge in [0.05, 0.1) is 6.61 Å². The van der Waals surface area contributed by atoms with E-state index in [0.717, 1.165) is 27.7 Å². The Balaban J connectivity index is 2.73. The van der Waals surface area contributed by atoms with Gasteiger partial charge in [0.1, 0.15) is 0 Å². The van der Waals surface area contributed by atoms with Crippen LogP contribution >= 0.6 is 31.9 Å². The maximum absolute atomic E-state index is 5.15. The number of halogens is 2. The molecule has 0 aliphatic carbocycles. The second-order valence-electron chi connectivity index (χ2n) is 3.33. The summed E-state index contributed by atoms with van der Waals surface area (Å²) in [5, 5.41) is 3.44. The highest BCUT2D eigenvalue weighted by Gasteiger charge is 2.07. The summed E-state index contributed by atoms with van der Waals surface area (Å²) in [7, 11) is 1.72. The van der Waals surface area contributed by atoms with Gasteiger partial charge in [0.25, 0.3) is 0 Å². The van der Waals surface area contributed by atoms with Gasteiger partial charge < -0.3 is 10.1 Å². The molecule has 0 amide bonds. The lowest BCUT2D eigenvalue weighted by Crippen LogP contribution is -2.24. The third-order valence-electron chi connectivity index (χ3n) is 2.15. The first-order chi connectivity index (χ1) is 7.17. The Morgan fingerprint density at radius 1 is 1.40 bits per heavy atom. The molecule has 0 saturated carbocycles. The summed E-state index contributed by atoms with van der Waals surface area (Å²) >= 11 is 6.97. The summed E-state index contributed by atoms with van der Waals surface area (Å²) in [4.78, 5) is 0. The maximum Gasteiger partial charge on any atom is 0.0663 e. The van der Waals surface area contributed by atoms with Crippen LogP contribution in [-0.4, -0.2) is 19.8 Å². The zero-order chi connectivity index (χ0) is 11.3. The Morgan fingerprint density at radius 2 is 2.13 bits per heavy atom. The van der Waals surface area contributed by atoms with Gasteiger partial charge in [-0.25, -0.2) is 0 Å². The van der Waals surface area contributed by atoms with Crippen LogP contribution in [0.2, 0.25) is 0 Å². The van der Waals surface area contributed by atoms with Crippen molar-refractivity contribution in [2.24, 2.45) is 0 Å². The van der Waals surface area contributed by atoms with E-state index < -0.39 is 0 Å². The first-order valence-electron chi connectivity index (χ1n) is 4.88. The van der Waals surface area contributed by atoms with Crippen molar-refractivity contribution in [2.45, 2.75) is 19.4 Å². The fourth-order valence-corrected chi connectivity index (χ4v) is 2.01. The first kappa shape index (κ1) is 13.0. The molecule has 1 aromatic rings. The molecule has 0 bridgehead atoms. The predicted octanol–water partition coefficient (Wildman–Crippen LogP) is 4.05. The van der Waals surface area contributed by atoms with Crippen molar-refractivity contribution >= 4 is 37.5 Å². The normalized spacial score (nSPS) is 12.5. The zero-order valence-electron chi connectivity index (χ0n) is 8.89. The molecule has 0 heterocycles. The molecule has 2 nitrogen and oxygen atoms in total. The van der Waals surface area contributed by atoms with E-state index in [1.165, 1.54) is 0 Å². The van der Waals surface area contributed by atoms with E-state index in [4.69, 9.17) is 4.74 Å². The van der Waals surface area contributed by atoms with Gasteiger partial charge in [-0.15, -0.1) is 0 Å². The number of methoxy groups -OCH3 is 1. The van der Waals surface area contributed by atoms with Crippen LogP contribution < -0.4 is 5.32 Å². The highest BCUT2D eigenvalue weighted by molar-refractivity contribution is 9.11. The van der Waals surface area contributed by atoms with Gasteiger partial charge in [-0.2, -0.15) is 0 Å². The molecular formula is C11H15Br2NO. The third kappa shape index (κ3) is 4.13. The molecule has 1 N–H and O–H groups in total. The van der Waals surface area contributed by atoms with Crippen molar-refractivity contribution in [3.63, 3.8) is 0 Å². The second kappa shape index (κ2) is 6.51. The summed E-state index contributed by atoms with van der Waals surface area (Å²) in [6, 6.07) is 6.43. The molecule has 0 radical (unpaired) electrons. The molecule has 0 saturated heterocycles. The van der Waals surface area contributed by atoms with Crippen molar-refractivity contribution in [3.8, 4) is 0 Å². The monoisotopic (exact) mass is 335 g/mol. The molecule has 0 aliphatic heterocycles. The van der Waals surface area contributed by atoms with Crippen LogP contribution in [0.15, 0.2) is 27.1 Å². The van der Waals surface area contributed by atoms with Crippen LogP contribution in [0.3, 0.4) is 0 Å². The summed E-state index contributed by atoms with van der Waals surface area (Å²) in [5.74, 6) is 0. The largest absolute Gasteiger partial charge is 0.383 e. The number of rotatable bonds is 5. The summed E-state index contributed by atoms with van der Waals surface area (Å²) < 4.78 is 7.29. The van der Waals surface area contributed by atoms with Crippen LogP contribution in [0.25, 0.3) is 0 Å². The SMILES string of the molecule is CCC(COC)Nc1cc(Br)ccc1Br. The molecule has 84 valence electrons. The predicted molar refractivity (Wildman–Crippen MR) is 71.4 cm³/mol. The quantitative estimate of drug-likeness (QED) is 0.875. The van der Waals surface area contributed by atoms with Crippen LogP contribution in [0.4, 0.5) is 5.69 Å². The highest BCUT2D eigenvalue weighted by atomic mass is 79.9. The number of anilines is 1. The summed E-state index contributed by atoms with van der Waals surface area (Å²) in [6.07, 6.45) is 1.03. The Kier molecular flexibility index (Phi) is 5.64. The van der Waals surface area contributed by atoms with E-state index in [-0.39, 0.29) is 0 Å². The number of hydrogen-bond donors (Lipinski definition) is 1. The molecular weight excluding hydrogens is 322 g/mol. The van der Waals surface area contributed by atoms with Crippen molar-refractivity contribution < 1.29 is 4.74 Å². The fourth-order valence-electron chi connectivity index (χ4n) is 1.29. The molecule has 1 aromatic carbocycles. The van der Waals surface area contributed by atoms with Crippen LogP contribution in [0, 0.1) is 0 Å². The second-order valence-corrected chi connectivity index (χ2v) is 5.10. The van der Waals surface area contributed by atoms with Crippen molar-refractivity contribution in [1.29, 1.82) is 0 Å². The summed E-state index contributed by atoms with van der Waals surface area (Å²) in [5.41, 5.74) is 1.09. The maximum atomic E-state index is 5.15. The summed E-state index contributed by atoms with van der Waals surface area (Å²) in [6.45, 7) is 2.86. The number of ether oxygens (including phenoxy) is 1. The van der Waals surface area contributed by atoms with E-state index in [2.05, 4.69) is 50.2 Å². The minimum Gasteiger partial charge on any atom is -0.383 e. The molecule has 4 heteroatoms. The first-order valence-corrected chi connectivity index (χ1v) is 6.46. The van der Waals surface area contributed by atoms with Gasteiger partial charge in [-0.1, -0.05) is 22.9 Å². The Morgan fingerprint density at radius 3 is 2.73 bits per heavy atom. The van der Waals surface area contributed by atoms with Gasteiger partial charge in [-0.05, 0) is 40.5 Å². The average molecular weight is 337 g/mol. The number of nitrogens with one attached hydrogen (secondary N) is 1. The average Bonchev–Trinajstić information content (AvgIpc) is 2.22. The van der Waals surface area contributed by atoms with E-state index in [1.54, 1.807) is 7.11 Å². The van der Waals surface area contributed by atoms with E-state index >= 15 is 0 Å². The van der Waals surface area contributed by atoms with E-state index in [0.29, 0.717) is 6.04 Å². The molecule has 1 unspecified atom stereocenters. The van der Waals surface area contributed by atoms with Crippen molar-refractivity contribution in [2.75, 3.05) is 19.0 Å². The van der Waals surface area contributed by atoms with Gasteiger partial charge in [0.15, 0.2) is 0 Å². The highest BCUT2D eigenvalue weighted by Crippen LogP contribution is 2.27. The smallest absolute Gasteiger partial charge is 0.0663 e. The standard InChI is InChI=1S/C11H15Br2NO/c1-3-9(7-15-2)14-11-6-8(12)4-5-10(11)13/h4-6,9,14H,3,7H2,1-2H3. The van der Waals surface area contributed by atoms with Gasteiger partial charge in [-0.3, -0.25) is 0 Å². The lowest BCUT2D eigenvalue weighted by atomic mass is 10.2. The Bertz CT molecular complexity index is 317. The van der Waals surface area contributed by atoms with Crippen molar-refractivity contribution in [1.82, 2.24) is 0 Å². The van der Waals surface area contributed by atoms with Gasteiger partial charge in [0, 0.05) is 27.8 Å². The third-order valence-corrected chi connectivity index (χ3v) is 3.33. The van der Waals surface area contributed by atoms with Crippen LogP contribution in [-0.2, 0) is 4.74 Å². The van der Waals surface area contributed by atoms with Crippen molar-refractivity contribution in [3.05, 3.63) is 27.1 Å². The van der Waals surface area contributed by atoms with E-state index in [1.807, 2.05) is 12.1 Å². The Hall–Kier alpha value is -0.0600. The molecule has 0 fully saturated rings. The Labute approximate surface area is 108 Å².